The number of hydrogen-bond acceptors (Lipinski definition) is 2. The molecule has 0 spiro atoms. The van der Waals surface area contributed by atoms with Crippen molar-refractivity contribution >= 4 is 5.91 Å². The molecule has 5 heteroatoms. The molecule has 122 valence electrons. The van der Waals surface area contributed by atoms with Gasteiger partial charge in [0.05, 0.1) is 6.04 Å². The van der Waals surface area contributed by atoms with Gasteiger partial charge in [0.2, 0.25) is 5.91 Å². The number of nitrogens with one attached hydrogen (secondary N) is 1. The van der Waals surface area contributed by atoms with E-state index < -0.39 is 11.6 Å². The average Bonchev–Trinajstić information content (AvgIpc) is 2.74. The number of halogens is 2. The van der Waals surface area contributed by atoms with Crippen molar-refractivity contribution in [1.82, 2.24) is 10.2 Å². The van der Waals surface area contributed by atoms with Crippen molar-refractivity contribution in [3.05, 3.63) is 35.4 Å². The number of hydrogen-bond donors (Lipinski definition) is 1. The van der Waals surface area contributed by atoms with Crippen molar-refractivity contribution in [3.8, 4) is 0 Å². The molecule has 1 aliphatic heterocycles. The smallest absolute Gasteiger partial charge is 0.237 e. The fourth-order valence-corrected chi connectivity index (χ4v) is 2.88. The van der Waals surface area contributed by atoms with Crippen molar-refractivity contribution in [2.24, 2.45) is 0 Å². The van der Waals surface area contributed by atoms with Crippen LogP contribution >= 0.6 is 0 Å². The average molecular weight is 310 g/mol. The minimum Gasteiger partial charge on any atom is -0.354 e. The molecule has 0 saturated carbocycles. The van der Waals surface area contributed by atoms with Crippen molar-refractivity contribution in [3.63, 3.8) is 0 Å². The maximum absolute atomic E-state index is 13.1. The summed E-state index contributed by atoms with van der Waals surface area (Å²) in [6, 6.07) is 3.30. The Hall–Kier alpha value is -1.49. The van der Waals surface area contributed by atoms with Crippen LogP contribution in [0.4, 0.5) is 8.78 Å². The first-order chi connectivity index (χ1) is 10.6. The quantitative estimate of drug-likeness (QED) is 0.907. The molecule has 0 bridgehead atoms. The van der Waals surface area contributed by atoms with Gasteiger partial charge >= 0.3 is 0 Å². The monoisotopic (exact) mass is 310 g/mol. The fraction of sp³-hybridized carbons (Fsp3) is 0.588. The van der Waals surface area contributed by atoms with E-state index in [1.54, 1.807) is 0 Å². The molecule has 1 atom stereocenters. The lowest BCUT2D eigenvalue weighted by atomic mass is 10.1. The van der Waals surface area contributed by atoms with Gasteiger partial charge in [-0.2, -0.15) is 0 Å². The van der Waals surface area contributed by atoms with E-state index >= 15 is 0 Å². The third-order valence-electron chi connectivity index (χ3n) is 4.20. The number of carbonyl (C=O) groups is 1. The Kier molecular flexibility index (Phi) is 6.31. The highest BCUT2D eigenvalue weighted by Crippen LogP contribution is 2.12. The zero-order chi connectivity index (χ0) is 15.9. The molecule has 1 aromatic carbocycles. The highest BCUT2D eigenvalue weighted by molar-refractivity contribution is 5.81. The lowest BCUT2D eigenvalue weighted by Gasteiger charge is -2.26. The summed E-state index contributed by atoms with van der Waals surface area (Å²) in [7, 11) is 0. The van der Waals surface area contributed by atoms with Gasteiger partial charge in [0.25, 0.3) is 0 Å². The molecule has 0 radical (unpaired) electrons. The van der Waals surface area contributed by atoms with Crippen LogP contribution in [0.15, 0.2) is 18.2 Å². The first kappa shape index (κ1) is 16.9. The number of amides is 1. The predicted octanol–water partition coefficient (Wildman–Crippen LogP) is 2.89. The minimum atomic E-state index is -0.584. The number of rotatable bonds is 5. The van der Waals surface area contributed by atoms with Crippen molar-refractivity contribution in [2.75, 3.05) is 19.6 Å². The van der Waals surface area contributed by atoms with E-state index in [1.807, 2.05) is 6.92 Å². The molecule has 1 N–H and O–H groups in total. The Labute approximate surface area is 130 Å². The Balaban J connectivity index is 1.79. The summed E-state index contributed by atoms with van der Waals surface area (Å²) >= 11 is 0. The Bertz CT molecular complexity index is 479. The van der Waals surface area contributed by atoms with Crippen LogP contribution in [-0.4, -0.2) is 36.5 Å². The Morgan fingerprint density at radius 2 is 1.73 bits per heavy atom. The maximum Gasteiger partial charge on any atom is 0.237 e. The highest BCUT2D eigenvalue weighted by Gasteiger charge is 2.21. The molecule has 1 unspecified atom stereocenters. The van der Waals surface area contributed by atoms with Gasteiger partial charge in [-0.05, 0) is 57.0 Å². The van der Waals surface area contributed by atoms with Crippen LogP contribution in [0.25, 0.3) is 0 Å². The zero-order valence-corrected chi connectivity index (χ0v) is 13.1. The Morgan fingerprint density at radius 3 is 2.32 bits per heavy atom. The van der Waals surface area contributed by atoms with Crippen LogP contribution in [0.5, 0.6) is 0 Å². The second-order valence-corrected chi connectivity index (χ2v) is 5.94. The predicted molar refractivity (Wildman–Crippen MR) is 82.6 cm³/mol. The van der Waals surface area contributed by atoms with E-state index in [4.69, 9.17) is 0 Å². The van der Waals surface area contributed by atoms with E-state index in [-0.39, 0.29) is 11.9 Å². The molecule has 0 aromatic heterocycles. The largest absolute Gasteiger partial charge is 0.354 e. The first-order valence-corrected chi connectivity index (χ1v) is 8.03. The molecule has 3 nitrogen and oxygen atoms in total. The summed E-state index contributed by atoms with van der Waals surface area (Å²) in [5.41, 5.74) is 0.556. The second kappa shape index (κ2) is 8.22. The van der Waals surface area contributed by atoms with Gasteiger partial charge in [-0.25, -0.2) is 8.78 Å². The van der Waals surface area contributed by atoms with Gasteiger partial charge in [0.1, 0.15) is 11.6 Å². The van der Waals surface area contributed by atoms with E-state index in [1.165, 1.54) is 25.0 Å². The Morgan fingerprint density at radius 1 is 1.14 bits per heavy atom. The van der Waals surface area contributed by atoms with E-state index in [9.17, 15) is 13.6 Å². The minimum absolute atomic E-state index is 0.0150. The molecule has 2 rings (SSSR count). The van der Waals surface area contributed by atoms with Crippen molar-refractivity contribution < 1.29 is 13.6 Å². The molecule has 0 aliphatic carbocycles. The molecule has 1 aliphatic rings. The maximum atomic E-state index is 13.1. The van der Waals surface area contributed by atoms with Crippen LogP contribution in [-0.2, 0) is 11.2 Å². The molecule has 1 fully saturated rings. The topological polar surface area (TPSA) is 32.3 Å². The first-order valence-electron chi connectivity index (χ1n) is 8.03. The van der Waals surface area contributed by atoms with Gasteiger partial charge in [0.15, 0.2) is 0 Å². The van der Waals surface area contributed by atoms with E-state index in [2.05, 4.69) is 10.2 Å². The SMILES string of the molecule is CC(C(=O)NCCc1cc(F)cc(F)c1)N1CCCCCC1. The molecule has 22 heavy (non-hydrogen) atoms. The van der Waals surface area contributed by atoms with Crippen molar-refractivity contribution in [1.29, 1.82) is 0 Å². The number of benzene rings is 1. The van der Waals surface area contributed by atoms with Crippen LogP contribution in [0.3, 0.4) is 0 Å². The summed E-state index contributed by atoms with van der Waals surface area (Å²) in [6.45, 7) is 4.23. The van der Waals surface area contributed by atoms with Crippen LogP contribution in [0, 0.1) is 11.6 Å². The summed E-state index contributed by atoms with van der Waals surface area (Å²) in [5, 5.41) is 2.86. The normalized spacial score (nSPS) is 17.8. The number of likely N-dealkylation sites (tertiary alicyclic amines) is 1. The van der Waals surface area contributed by atoms with Crippen molar-refractivity contribution in [2.45, 2.75) is 45.1 Å². The standard InChI is InChI=1S/C17H24F2N2O/c1-13(21-8-4-2-3-5-9-21)17(22)20-7-6-14-10-15(18)12-16(19)11-14/h10-13H,2-9H2,1H3,(H,20,22). The molecule has 1 saturated heterocycles. The van der Waals surface area contributed by atoms with Crippen LogP contribution < -0.4 is 5.32 Å². The highest BCUT2D eigenvalue weighted by atomic mass is 19.1. The molecular weight excluding hydrogens is 286 g/mol. The molecule has 1 heterocycles. The van der Waals surface area contributed by atoms with Gasteiger partial charge in [-0.3, -0.25) is 9.69 Å². The zero-order valence-electron chi connectivity index (χ0n) is 13.1. The van der Waals surface area contributed by atoms with Gasteiger partial charge in [-0.15, -0.1) is 0 Å². The summed E-state index contributed by atoms with van der Waals surface area (Å²) in [6.07, 6.45) is 5.17. The number of carbonyl (C=O) groups excluding carboxylic acids is 1. The third kappa shape index (κ3) is 5.05. The van der Waals surface area contributed by atoms with Gasteiger partial charge < -0.3 is 5.32 Å². The fourth-order valence-electron chi connectivity index (χ4n) is 2.88. The molecule has 1 aromatic rings. The lowest BCUT2D eigenvalue weighted by molar-refractivity contribution is -0.125. The van der Waals surface area contributed by atoms with Crippen LogP contribution in [0.2, 0.25) is 0 Å². The van der Waals surface area contributed by atoms with E-state index in [0.717, 1.165) is 32.0 Å². The number of nitrogens with zero attached hydrogens (tertiary/aromatic N) is 1. The molecular formula is C17H24F2N2O. The third-order valence-corrected chi connectivity index (χ3v) is 4.20. The summed E-state index contributed by atoms with van der Waals surface area (Å²) < 4.78 is 26.2. The summed E-state index contributed by atoms with van der Waals surface area (Å²) in [4.78, 5) is 14.4. The molecule has 1 amide bonds. The van der Waals surface area contributed by atoms with Crippen LogP contribution in [0.1, 0.15) is 38.2 Å². The van der Waals surface area contributed by atoms with Gasteiger partial charge in [-0.1, -0.05) is 12.8 Å². The lowest BCUT2D eigenvalue weighted by Crippen LogP contribution is -2.46. The van der Waals surface area contributed by atoms with Gasteiger partial charge in [0, 0.05) is 12.6 Å². The van der Waals surface area contributed by atoms with E-state index in [0.29, 0.717) is 18.5 Å². The summed E-state index contributed by atoms with van der Waals surface area (Å²) in [5.74, 6) is -1.18. The second-order valence-electron chi connectivity index (χ2n) is 5.94.